The van der Waals surface area contributed by atoms with E-state index in [0.717, 1.165) is 12.0 Å². The van der Waals surface area contributed by atoms with Gasteiger partial charge in [0.05, 0.1) is 11.0 Å². The summed E-state index contributed by atoms with van der Waals surface area (Å²) in [5.74, 6) is -0.489. The summed E-state index contributed by atoms with van der Waals surface area (Å²) >= 11 is 0. The molecule has 2 aromatic carbocycles. The highest BCUT2D eigenvalue weighted by molar-refractivity contribution is 6.03. The van der Waals surface area contributed by atoms with Crippen LogP contribution in [0.4, 0.5) is 5.69 Å². The summed E-state index contributed by atoms with van der Waals surface area (Å²) in [5, 5.41) is 2.80. The lowest BCUT2D eigenvalue weighted by Crippen LogP contribution is -2.30. The standard InChI is InChI=1S/C18H17N3O2/c1-3-12-8-4-5-9-13(12)20-17(22)16-18(23)21(2)15-11-7-6-10-14(15)19-16/h4-11H,3H2,1-2H3,(H,20,22). The van der Waals surface area contributed by atoms with Gasteiger partial charge in [-0.05, 0) is 30.2 Å². The second kappa shape index (κ2) is 6.04. The predicted molar refractivity (Wildman–Crippen MR) is 90.8 cm³/mol. The Balaban J connectivity index is 2.05. The highest BCUT2D eigenvalue weighted by atomic mass is 16.2. The van der Waals surface area contributed by atoms with Gasteiger partial charge < -0.3 is 9.88 Å². The van der Waals surface area contributed by atoms with Crippen LogP contribution < -0.4 is 10.9 Å². The molecule has 0 bridgehead atoms. The zero-order valence-electron chi connectivity index (χ0n) is 13.0. The molecule has 0 unspecified atom stereocenters. The van der Waals surface area contributed by atoms with Crippen LogP contribution >= 0.6 is 0 Å². The van der Waals surface area contributed by atoms with Crippen molar-refractivity contribution in [3.05, 3.63) is 70.1 Å². The first-order chi connectivity index (χ1) is 11.1. The van der Waals surface area contributed by atoms with Crippen molar-refractivity contribution < 1.29 is 4.79 Å². The molecule has 0 aliphatic carbocycles. The SMILES string of the molecule is CCc1ccccc1NC(=O)c1nc2ccccc2n(C)c1=O. The molecule has 0 saturated carbocycles. The van der Waals surface area contributed by atoms with E-state index in [1.165, 1.54) is 4.57 Å². The van der Waals surface area contributed by atoms with Gasteiger partial charge in [0, 0.05) is 12.7 Å². The van der Waals surface area contributed by atoms with Crippen LogP contribution in [0.25, 0.3) is 11.0 Å². The number of anilines is 1. The Morgan fingerprint density at radius 1 is 1.13 bits per heavy atom. The number of para-hydroxylation sites is 3. The minimum Gasteiger partial charge on any atom is -0.320 e. The molecule has 3 aromatic rings. The zero-order chi connectivity index (χ0) is 16.4. The van der Waals surface area contributed by atoms with Gasteiger partial charge >= 0.3 is 0 Å². The van der Waals surface area contributed by atoms with Crippen LogP contribution in [0.1, 0.15) is 23.0 Å². The zero-order valence-corrected chi connectivity index (χ0v) is 13.0. The molecule has 116 valence electrons. The third-order valence-electron chi connectivity index (χ3n) is 3.84. The average molecular weight is 307 g/mol. The Morgan fingerprint density at radius 2 is 1.83 bits per heavy atom. The number of aryl methyl sites for hydroxylation is 2. The van der Waals surface area contributed by atoms with Gasteiger partial charge in [-0.25, -0.2) is 4.98 Å². The van der Waals surface area contributed by atoms with Crippen LogP contribution in [-0.4, -0.2) is 15.5 Å². The first kappa shape index (κ1) is 15.0. The lowest BCUT2D eigenvalue weighted by atomic mass is 10.1. The molecule has 0 saturated heterocycles. The predicted octanol–water partition coefficient (Wildman–Crippen LogP) is 2.75. The number of rotatable bonds is 3. The van der Waals surface area contributed by atoms with Crippen LogP contribution in [0.3, 0.4) is 0 Å². The second-order valence-electron chi connectivity index (χ2n) is 5.28. The third-order valence-corrected chi connectivity index (χ3v) is 3.84. The fourth-order valence-corrected chi connectivity index (χ4v) is 2.56. The molecule has 0 fully saturated rings. The van der Waals surface area contributed by atoms with E-state index in [9.17, 15) is 9.59 Å². The number of aromatic nitrogens is 2. The van der Waals surface area contributed by atoms with Gasteiger partial charge in [0.1, 0.15) is 0 Å². The molecule has 1 N–H and O–H groups in total. The van der Waals surface area contributed by atoms with E-state index >= 15 is 0 Å². The highest BCUT2D eigenvalue weighted by Crippen LogP contribution is 2.16. The van der Waals surface area contributed by atoms with Crippen molar-refractivity contribution in [1.82, 2.24) is 9.55 Å². The number of hydrogen-bond acceptors (Lipinski definition) is 3. The van der Waals surface area contributed by atoms with Gasteiger partial charge in [0.2, 0.25) is 0 Å². The normalized spacial score (nSPS) is 10.7. The fourth-order valence-electron chi connectivity index (χ4n) is 2.56. The van der Waals surface area contributed by atoms with Crippen LogP contribution in [0.2, 0.25) is 0 Å². The van der Waals surface area contributed by atoms with E-state index in [4.69, 9.17) is 0 Å². The number of hydrogen-bond donors (Lipinski definition) is 1. The molecule has 5 nitrogen and oxygen atoms in total. The van der Waals surface area contributed by atoms with Crippen LogP contribution in [-0.2, 0) is 13.5 Å². The molecule has 1 aromatic heterocycles. The average Bonchev–Trinajstić information content (AvgIpc) is 2.58. The van der Waals surface area contributed by atoms with E-state index in [1.807, 2.05) is 43.3 Å². The van der Waals surface area contributed by atoms with Crippen LogP contribution in [0.5, 0.6) is 0 Å². The minimum absolute atomic E-state index is 0.0999. The van der Waals surface area contributed by atoms with Gasteiger partial charge in [-0.2, -0.15) is 0 Å². The van der Waals surface area contributed by atoms with Crippen molar-refractivity contribution >= 4 is 22.6 Å². The minimum atomic E-state index is -0.489. The summed E-state index contributed by atoms with van der Waals surface area (Å²) in [6, 6.07) is 14.8. The van der Waals surface area contributed by atoms with Gasteiger partial charge in [-0.1, -0.05) is 37.3 Å². The van der Waals surface area contributed by atoms with Crippen molar-refractivity contribution in [1.29, 1.82) is 0 Å². The highest BCUT2D eigenvalue weighted by Gasteiger charge is 2.17. The van der Waals surface area contributed by atoms with Gasteiger partial charge in [0.15, 0.2) is 5.69 Å². The Bertz CT molecular complexity index is 944. The van der Waals surface area contributed by atoms with Crippen molar-refractivity contribution in [2.24, 2.45) is 7.05 Å². The number of fused-ring (bicyclic) bond motifs is 1. The van der Waals surface area contributed by atoms with Crippen LogP contribution in [0, 0.1) is 0 Å². The molecular formula is C18H17N3O2. The Labute approximate surface area is 133 Å². The van der Waals surface area contributed by atoms with Gasteiger partial charge in [0.25, 0.3) is 11.5 Å². The monoisotopic (exact) mass is 307 g/mol. The quantitative estimate of drug-likeness (QED) is 0.809. The first-order valence-electron chi connectivity index (χ1n) is 7.47. The lowest BCUT2D eigenvalue weighted by molar-refractivity contribution is 0.102. The third kappa shape index (κ3) is 2.73. The van der Waals surface area contributed by atoms with Crippen molar-refractivity contribution in [3.63, 3.8) is 0 Å². The molecule has 0 spiro atoms. The Hall–Kier alpha value is -2.95. The largest absolute Gasteiger partial charge is 0.320 e. The molecule has 3 rings (SSSR count). The van der Waals surface area contributed by atoms with Gasteiger partial charge in [-0.15, -0.1) is 0 Å². The summed E-state index contributed by atoms with van der Waals surface area (Å²) < 4.78 is 1.45. The van der Waals surface area contributed by atoms with Crippen molar-refractivity contribution in [2.75, 3.05) is 5.32 Å². The number of nitrogens with one attached hydrogen (secondary N) is 1. The number of nitrogens with zero attached hydrogens (tertiary/aromatic N) is 2. The molecule has 23 heavy (non-hydrogen) atoms. The van der Waals surface area contributed by atoms with E-state index in [1.54, 1.807) is 19.2 Å². The van der Waals surface area contributed by atoms with E-state index in [-0.39, 0.29) is 5.69 Å². The van der Waals surface area contributed by atoms with Gasteiger partial charge in [-0.3, -0.25) is 9.59 Å². The van der Waals surface area contributed by atoms with E-state index in [0.29, 0.717) is 16.7 Å². The number of amides is 1. The number of carbonyl (C=O) groups is 1. The molecular weight excluding hydrogens is 290 g/mol. The summed E-state index contributed by atoms with van der Waals surface area (Å²) in [7, 11) is 1.64. The number of benzene rings is 2. The molecule has 0 aliphatic heterocycles. The molecule has 5 heteroatoms. The Morgan fingerprint density at radius 3 is 2.61 bits per heavy atom. The second-order valence-corrected chi connectivity index (χ2v) is 5.28. The maximum Gasteiger partial charge on any atom is 0.282 e. The van der Waals surface area contributed by atoms with Crippen molar-refractivity contribution in [2.45, 2.75) is 13.3 Å². The number of carbonyl (C=O) groups excluding carboxylic acids is 1. The summed E-state index contributed by atoms with van der Waals surface area (Å²) in [6.07, 6.45) is 0.791. The molecule has 0 atom stereocenters. The molecule has 1 heterocycles. The lowest BCUT2D eigenvalue weighted by Gasteiger charge is -2.10. The summed E-state index contributed by atoms with van der Waals surface area (Å²) in [5.41, 5.74) is 2.52. The summed E-state index contributed by atoms with van der Waals surface area (Å²) in [4.78, 5) is 29.2. The summed E-state index contributed by atoms with van der Waals surface area (Å²) in [6.45, 7) is 2.01. The van der Waals surface area contributed by atoms with Crippen LogP contribution in [0.15, 0.2) is 53.3 Å². The molecule has 0 aliphatic rings. The first-order valence-corrected chi connectivity index (χ1v) is 7.47. The van der Waals surface area contributed by atoms with Crippen molar-refractivity contribution in [3.8, 4) is 0 Å². The fraction of sp³-hybridized carbons (Fsp3) is 0.167. The smallest absolute Gasteiger partial charge is 0.282 e. The Kier molecular flexibility index (Phi) is 3.93. The molecule has 0 radical (unpaired) electrons. The van der Waals surface area contributed by atoms with E-state index in [2.05, 4.69) is 10.3 Å². The topological polar surface area (TPSA) is 64.0 Å². The molecule has 1 amide bonds. The van der Waals surface area contributed by atoms with E-state index < -0.39 is 11.5 Å². The maximum atomic E-state index is 12.5. The maximum absolute atomic E-state index is 12.5.